The molecule has 1 aliphatic heterocycles. The van der Waals surface area contributed by atoms with E-state index < -0.39 is 52.9 Å². The van der Waals surface area contributed by atoms with E-state index in [9.17, 15) is 27.9 Å². The molecule has 2 aliphatic rings. The third-order valence-electron chi connectivity index (χ3n) is 7.45. The molecule has 0 unspecified atom stereocenters. The van der Waals surface area contributed by atoms with Crippen LogP contribution in [0.2, 0.25) is 0 Å². The van der Waals surface area contributed by atoms with Crippen molar-refractivity contribution in [3.05, 3.63) is 95.6 Å². The number of carbonyl (C=O) groups excluding carboxylic acids is 2. The highest BCUT2D eigenvalue weighted by Crippen LogP contribution is 2.46. The second kappa shape index (κ2) is 10.4. The van der Waals surface area contributed by atoms with Crippen LogP contribution in [0.25, 0.3) is 0 Å². The molecule has 1 saturated carbocycles. The number of benzene rings is 2. The molecule has 5 atom stereocenters. The quantitative estimate of drug-likeness (QED) is 0.449. The number of aromatic nitrogens is 1. The van der Waals surface area contributed by atoms with Crippen LogP contribution in [-0.2, 0) is 10.4 Å². The zero-order chi connectivity index (χ0) is 27.0. The summed E-state index contributed by atoms with van der Waals surface area (Å²) in [5, 5.41) is 13.6. The van der Waals surface area contributed by atoms with Gasteiger partial charge in [-0.25, -0.2) is 13.2 Å². The van der Waals surface area contributed by atoms with Gasteiger partial charge in [0.15, 0.2) is 5.60 Å². The third-order valence-corrected chi connectivity index (χ3v) is 7.98. The van der Waals surface area contributed by atoms with Crippen molar-refractivity contribution < 1.29 is 27.9 Å². The summed E-state index contributed by atoms with van der Waals surface area (Å²) >= 11 is 6.67. The summed E-state index contributed by atoms with van der Waals surface area (Å²) in [6.45, 7) is -0.0922. The molecule has 5 rings (SSSR count). The lowest BCUT2D eigenvalue weighted by Crippen LogP contribution is -2.52. The maximum Gasteiger partial charge on any atom is 0.268 e. The molecule has 2 N–H and O–H groups in total. The van der Waals surface area contributed by atoms with Crippen molar-refractivity contribution in [3.8, 4) is 0 Å². The van der Waals surface area contributed by atoms with Crippen LogP contribution in [0.4, 0.5) is 18.9 Å². The summed E-state index contributed by atoms with van der Waals surface area (Å²) in [6.07, 6.45) is 0.0680. The molecule has 0 spiro atoms. The Balaban J connectivity index is 1.40. The highest BCUT2D eigenvalue weighted by molar-refractivity contribution is 6.21. The van der Waals surface area contributed by atoms with Gasteiger partial charge in [-0.1, -0.05) is 36.4 Å². The van der Waals surface area contributed by atoms with E-state index in [1.54, 1.807) is 36.4 Å². The van der Waals surface area contributed by atoms with Gasteiger partial charge in [0.1, 0.15) is 5.82 Å². The molecule has 2 aromatic carbocycles. The fourth-order valence-corrected chi connectivity index (χ4v) is 5.86. The van der Waals surface area contributed by atoms with Gasteiger partial charge in [0.2, 0.25) is 6.43 Å². The third kappa shape index (κ3) is 4.65. The molecule has 38 heavy (non-hydrogen) atoms. The zero-order valence-corrected chi connectivity index (χ0v) is 20.9. The van der Waals surface area contributed by atoms with E-state index in [0.717, 1.165) is 12.1 Å². The van der Waals surface area contributed by atoms with E-state index in [4.69, 9.17) is 11.6 Å². The maximum absolute atomic E-state index is 14.3. The van der Waals surface area contributed by atoms with Crippen LogP contribution in [0.3, 0.4) is 0 Å². The number of amides is 2. The number of hydrogen-bond acceptors (Lipinski definition) is 4. The van der Waals surface area contributed by atoms with E-state index >= 15 is 0 Å². The number of aliphatic hydroxyl groups is 1. The van der Waals surface area contributed by atoms with Gasteiger partial charge in [-0.05, 0) is 48.6 Å². The molecule has 1 aliphatic carbocycles. The molecule has 1 fully saturated rings. The van der Waals surface area contributed by atoms with Crippen LogP contribution in [0.5, 0.6) is 0 Å². The van der Waals surface area contributed by atoms with Crippen molar-refractivity contribution in [2.24, 2.45) is 11.8 Å². The monoisotopic (exact) mass is 543 g/mol. The Labute approximate surface area is 222 Å². The normalized spacial score (nSPS) is 26.9. The van der Waals surface area contributed by atoms with Crippen molar-refractivity contribution in [3.63, 3.8) is 0 Å². The smallest absolute Gasteiger partial charge is 0.268 e. The molecular weight excluding hydrogens is 519 g/mol. The Morgan fingerprint density at radius 1 is 1.16 bits per heavy atom. The van der Waals surface area contributed by atoms with Crippen LogP contribution in [0.15, 0.2) is 73.1 Å². The number of pyridine rings is 1. The van der Waals surface area contributed by atoms with Crippen molar-refractivity contribution in [1.82, 2.24) is 10.3 Å². The zero-order valence-electron chi connectivity index (χ0n) is 20.1. The molecule has 1 aromatic heterocycles. The topological polar surface area (TPSA) is 82.5 Å². The average molecular weight is 544 g/mol. The molecule has 2 amide bonds. The molecule has 0 radical (unpaired) electrons. The first kappa shape index (κ1) is 26.2. The second-order valence-corrected chi connectivity index (χ2v) is 10.3. The minimum Gasteiger partial charge on any atom is -0.372 e. The van der Waals surface area contributed by atoms with Crippen LogP contribution in [-0.4, -0.2) is 46.3 Å². The lowest BCUT2D eigenvalue weighted by atomic mass is 9.77. The lowest BCUT2D eigenvalue weighted by Gasteiger charge is -2.40. The first-order valence-corrected chi connectivity index (χ1v) is 12.7. The Morgan fingerprint density at radius 3 is 2.61 bits per heavy atom. The molecule has 2 heterocycles. The summed E-state index contributed by atoms with van der Waals surface area (Å²) in [7, 11) is 0. The van der Waals surface area contributed by atoms with Gasteiger partial charge in [-0.15, -0.1) is 11.6 Å². The summed E-state index contributed by atoms with van der Waals surface area (Å²) in [5.74, 6) is -3.64. The number of halogens is 4. The van der Waals surface area contributed by atoms with E-state index in [2.05, 4.69) is 10.3 Å². The summed E-state index contributed by atoms with van der Waals surface area (Å²) in [4.78, 5) is 31.4. The number of hydrogen-bond donors (Lipinski definition) is 2. The van der Waals surface area contributed by atoms with Gasteiger partial charge in [-0.2, -0.15) is 0 Å². The van der Waals surface area contributed by atoms with Gasteiger partial charge in [0.25, 0.3) is 11.8 Å². The Morgan fingerprint density at radius 2 is 1.92 bits per heavy atom. The van der Waals surface area contributed by atoms with Gasteiger partial charge >= 0.3 is 0 Å². The van der Waals surface area contributed by atoms with Crippen molar-refractivity contribution in [2.75, 3.05) is 11.4 Å². The second-order valence-electron chi connectivity index (χ2n) is 9.72. The molecule has 10 heteroatoms. The molecular formula is C28H25ClF3N3O3. The predicted molar refractivity (Wildman–Crippen MR) is 136 cm³/mol. The van der Waals surface area contributed by atoms with Crippen LogP contribution in [0, 0.1) is 17.7 Å². The number of nitrogens with zero attached hydrogens (tertiary/aromatic N) is 2. The van der Waals surface area contributed by atoms with Gasteiger partial charge < -0.3 is 15.3 Å². The van der Waals surface area contributed by atoms with Crippen molar-refractivity contribution >= 4 is 29.1 Å². The standard InChI is InChI=1S/C28H25ClF3N3O3/c29-22-13-23(34-26(36)16-5-4-10-33-14-16)20(25(31)32)11-17(22)15-35-24-12-19(30)8-9-21(24)28(38,27(35)37)18-6-2-1-3-7-18/h1-10,12,14,17,20,22-23,25,38H,11,13,15H2,(H,34,36)/t17-,20-,22-,23-,28-/m1/s1. The van der Waals surface area contributed by atoms with E-state index in [-0.39, 0.29) is 36.2 Å². The molecule has 198 valence electrons. The van der Waals surface area contributed by atoms with Crippen molar-refractivity contribution in [2.45, 2.75) is 36.3 Å². The minimum absolute atomic E-state index is 0.0498. The van der Waals surface area contributed by atoms with Gasteiger partial charge in [-0.3, -0.25) is 14.6 Å². The van der Waals surface area contributed by atoms with Crippen molar-refractivity contribution in [1.29, 1.82) is 0 Å². The summed E-state index contributed by atoms with van der Waals surface area (Å²) in [5.41, 5.74) is -1.11. The van der Waals surface area contributed by atoms with Gasteiger partial charge in [0, 0.05) is 41.8 Å². The molecule has 0 bridgehead atoms. The van der Waals surface area contributed by atoms with Gasteiger partial charge in [0.05, 0.1) is 11.3 Å². The SMILES string of the molecule is O=C(N[C@@H]1C[C@@H](Cl)[C@@H](CN2C(=O)[C@@](O)(c3ccccc3)c3ccc(F)cc32)C[C@H]1C(F)F)c1cccnc1. The predicted octanol–water partition coefficient (Wildman–Crippen LogP) is 4.50. The molecule has 6 nitrogen and oxygen atoms in total. The Bertz CT molecular complexity index is 1330. The van der Waals surface area contributed by atoms with Crippen LogP contribution < -0.4 is 10.2 Å². The van der Waals surface area contributed by atoms with Crippen LogP contribution >= 0.6 is 11.6 Å². The molecule has 3 aromatic rings. The highest BCUT2D eigenvalue weighted by atomic mass is 35.5. The number of rotatable bonds is 6. The fourth-order valence-electron chi connectivity index (χ4n) is 5.48. The number of nitrogens with one attached hydrogen (secondary N) is 1. The maximum atomic E-state index is 14.3. The Hall–Kier alpha value is -3.43. The Kier molecular flexibility index (Phi) is 7.15. The van der Waals surface area contributed by atoms with E-state index in [1.165, 1.54) is 29.4 Å². The summed E-state index contributed by atoms with van der Waals surface area (Å²) < 4.78 is 42.6. The van der Waals surface area contributed by atoms with Crippen LogP contribution in [0.1, 0.15) is 34.3 Å². The first-order chi connectivity index (χ1) is 18.2. The van der Waals surface area contributed by atoms with E-state index in [0.29, 0.717) is 5.56 Å². The number of fused-ring (bicyclic) bond motifs is 1. The number of alkyl halides is 3. The number of carbonyl (C=O) groups is 2. The average Bonchev–Trinajstić information content (AvgIpc) is 3.12. The highest BCUT2D eigenvalue weighted by Gasteiger charge is 2.52. The first-order valence-electron chi connectivity index (χ1n) is 12.2. The van der Waals surface area contributed by atoms with E-state index in [1.807, 2.05) is 0 Å². The minimum atomic E-state index is -2.75. The number of anilines is 1. The largest absolute Gasteiger partial charge is 0.372 e. The summed E-state index contributed by atoms with van der Waals surface area (Å²) in [6, 6.07) is 14.2. The molecule has 0 saturated heterocycles. The lowest BCUT2D eigenvalue weighted by molar-refractivity contribution is -0.132. The fraction of sp³-hybridized carbons (Fsp3) is 0.321.